The van der Waals surface area contributed by atoms with Gasteiger partial charge >= 0.3 is 17.9 Å². The second-order valence-corrected chi connectivity index (χ2v) is 4.48. The SMILES string of the molecule is C=CC(=O)OC=CCOC(=O)C1CCCCC1C(=O)O. The predicted molar refractivity (Wildman–Crippen MR) is 69.5 cm³/mol. The van der Waals surface area contributed by atoms with Crippen LogP contribution in [0.15, 0.2) is 25.0 Å². The van der Waals surface area contributed by atoms with Gasteiger partial charge in [0.25, 0.3) is 0 Å². The van der Waals surface area contributed by atoms with Crippen molar-refractivity contribution in [1.82, 2.24) is 0 Å². The molecule has 0 spiro atoms. The maximum Gasteiger partial charge on any atom is 0.334 e. The summed E-state index contributed by atoms with van der Waals surface area (Å²) in [5, 5.41) is 9.07. The van der Waals surface area contributed by atoms with Crippen LogP contribution in [0.25, 0.3) is 0 Å². The minimum Gasteiger partial charge on any atom is -0.481 e. The first kappa shape index (κ1) is 15.9. The zero-order valence-corrected chi connectivity index (χ0v) is 11.1. The standard InChI is InChI=1S/C14H18O6/c1-2-12(15)19-8-5-9-20-14(18)11-7-4-3-6-10(11)13(16)17/h2,5,8,10-11H,1,3-4,6-7,9H2,(H,16,17). The van der Waals surface area contributed by atoms with Crippen LogP contribution < -0.4 is 0 Å². The highest BCUT2D eigenvalue weighted by Crippen LogP contribution is 2.31. The molecule has 1 aliphatic rings. The van der Waals surface area contributed by atoms with Gasteiger partial charge in [-0.3, -0.25) is 9.59 Å². The number of hydrogen-bond donors (Lipinski definition) is 1. The molecule has 1 rings (SSSR count). The van der Waals surface area contributed by atoms with Gasteiger partial charge in [-0.05, 0) is 18.9 Å². The Labute approximate surface area is 117 Å². The first-order chi connectivity index (χ1) is 9.56. The molecule has 20 heavy (non-hydrogen) atoms. The van der Waals surface area contributed by atoms with E-state index in [1.54, 1.807) is 0 Å². The van der Waals surface area contributed by atoms with Gasteiger partial charge in [-0.1, -0.05) is 19.4 Å². The van der Waals surface area contributed by atoms with E-state index in [4.69, 9.17) is 9.84 Å². The van der Waals surface area contributed by atoms with E-state index in [0.29, 0.717) is 12.8 Å². The Morgan fingerprint density at radius 1 is 1.20 bits per heavy atom. The lowest BCUT2D eigenvalue weighted by molar-refractivity contribution is -0.158. The molecule has 1 aliphatic carbocycles. The lowest BCUT2D eigenvalue weighted by Crippen LogP contribution is -2.33. The molecule has 6 nitrogen and oxygen atoms in total. The first-order valence-electron chi connectivity index (χ1n) is 6.43. The van der Waals surface area contributed by atoms with Crippen molar-refractivity contribution in [3.05, 3.63) is 25.0 Å². The molecule has 0 bridgehead atoms. The van der Waals surface area contributed by atoms with Crippen molar-refractivity contribution in [2.75, 3.05) is 6.61 Å². The largest absolute Gasteiger partial charge is 0.481 e. The van der Waals surface area contributed by atoms with Crippen LogP contribution in [-0.2, 0) is 23.9 Å². The Morgan fingerprint density at radius 2 is 1.85 bits per heavy atom. The average molecular weight is 282 g/mol. The quantitative estimate of drug-likeness (QED) is 0.452. The highest BCUT2D eigenvalue weighted by molar-refractivity contribution is 5.82. The molecule has 0 amide bonds. The van der Waals surface area contributed by atoms with Crippen LogP contribution in [0.5, 0.6) is 0 Å². The molecule has 1 fully saturated rings. The van der Waals surface area contributed by atoms with Crippen molar-refractivity contribution in [2.24, 2.45) is 11.8 Å². The van der Waals surface area contributed by atoms with E-state index < -0.39 is 29.7 Å². The maximum absolute atomic E-state index is 11.8. The molecule has 0 saturated heterocycles. The Morgan fingerprint density at radius 3 is 2.45 bits per heavy atom. The predicted octanol–water partition coefficient (Wildman–Crippen LogP) is 1.66. The van der Waals surface area contributed by atoms with Gasteiger partial charge in [0, 0.05) is 6.08 Å². The van der Waals surface area contributed by atoms with E-state index in [2.05, 4.69) is 11.3 Å². The van der Waals surface area contributed by atoms with E-state index in [1.807, 2.05) is 0 Å². The normalized spacial score (nSPS) is 22.2. The third-order valence-electron chi connectivity index (χ3n) is 3.15. The summed E-state index contributed by atoms with van der Waals surface area (Å²) < 4.78 is 9.53. The molecule has 110 valence electrons. The van der Waals surface area contributed by atoms with Gasteiger partial charge in [-0.25, -0.2) is 4.79 Å². The van der Waals surface area contributed by atoms with Gasteiger partial charge in [-0.15, -0.1) is 0 Å². The number of aliphatic carboxylic acids is 1. The fourth-order valence-electron chi connectivity index (χ4n) is 2.15. The monoisotopic (exact) mass is 282 g/mol. The van der Waals surface area contributed by atoms with Crippen LogP contribution in [0.4, 0.5) is 0 Å². The Balaban J connectivity index is 2.39. The summed E-state index contributed by atoms with van der Waals surface area (Å²) in [6.07, 6.45) is 6.15. The van der Waals surface area contributed by atoms with Gasteiger partial charge < -0.3 is 14.6 Å². The summed E-state index contributed by atoms with van der Waals surface area (Å²) in [7, 11) is 0. The van der Waals surface area contributed by atoms with Crippen LogP contribution in [0.3, 0.4) is 0 Å². The lowest BCUT2D eigenvalue weighted by atomic mass is 9.79. The summed E-state index contributed by atoms with van der Waals surface area (Å²) in [5.41, 5.74) is 0. The van der Waals surface area contributed by atoms with Crippen molar-refractivity contribution < 1.29 is 29.0 Å². The molecule has 0 aromatic heterocycles. The van der Waals surface area contributed by atoms with E-state index in [0.717, 1.165) is 25.2 Å². The highest BCUT2D eigenvalue weighted by atomic mass is 16.5. The zero-order chi connectivity index (χ0) is 15.0. The summed E-state index contributed by atoms with van der Waals surface area (Å²) in [5.74, 6) is -3.34. The van der Waals surface area contributed by atoms with Crippen LogP contribution in [-0.4, -0.2) is 29.6 Å². The van der Waals surface area contributed by atoms with Crippen molar-refractivity contribution in [3.8, 4) is 0 Å². The molecule has 0 aromatic carbocycles. The Hall–Kier alpha value is -2.11. The summed E-state index contributed by atoms with van der Waals surface area (Å²) in [6.45, 7) is 3.16. The minimum absolute atomic E-state index is 0.0634. The van der Waals surface area contributed by atoms with Crippen LogP contribution >= 0.6 is 0 Å². The van der Waals surface area contributed by atoms with Crippen molar-refractivity contribution in [3.63, 3.8) is 0 Å². The fraction of sp³-hybridized carbons (Fsp3) is 0.500. The molecule has 0 radical (unpaired) electrons. The third kappa shape index (κ3) is 4.87. The summed E-state index contributed by atoms with van der Waals surface area (Å²) in [6, 6.07) is 0. The number of ether oxygens (including phenoxy) is 2. The molecule has 1 saturated carbocycles. The molecule has 6 heteroatoms. The number of hydrogen-bond acceptors (Lipinski definition) is 5. The molecule has 2 atom stereocenters. The molecule has 0 aromatic rings. The average Bonchev–Trinajstić information content (AvgIpc) is 2.46. The van der Waals surface area contributed by atoms with Gasteiger partial charge in [0.15, 0.2) is 0 Å². The van der Waals surface area contributed by atoms with Crippen molar-refractivity contribution in [1.29, 1.82) is 0 Å². The molecule has 0 heterocycles. The second-order valence-electron chi connectivity index (χ2n) is 4.48. The molecule has 2 unspecified atom stereocenters. The lowest BCUT2D eigenvalue weighted by Gasteiger charge is -2.26. The van der Waals surface area contributed by atoms with E-state index in [-0.39, 0.29) is 6.61 Å². The number of carbonyl (C=O) groups is 3. The van der Waals surface area contributed by atoms with Crippen LogP contribution in [0.2, 0.25) is 0 Å². The van der Waals surface area contributed by atoms with E-state index in [1.165, 1.54) is 6.08 Å². The van der Waals surface area contributed by atoms with Crippen LogP contribution in [0.1, 0.15) is 25.7 Å². The number of carboxylic acid groups (broad SMARTS) is 1. The highest BCUT2D eigenvalue weighted by Gasteiger charge is 2.36. The Bertz CT molecular complexity index is 412. The zero-order valence-electron chi connectivity index (χ0n) is 11.1. The van der Waals surface area contributed by atoms with E-state index in [9.17, 15) is 14.4 Å². The van der Waals surface area contributed by atoms with Gasteiger partial charge in [-0.2, -0.15) is 0 Å². The third-order valence-corrected chi connectivity index (χ3v) is 3.15. The number of esters is 2. The number of rotatable bonds is 6. The van der Waals surface area contributed by atoms with Crippen molar-refractivity contribution in [2.45, 2.75) is 25.7 Å². The van der Waals surface area contributed by atoms with Gasteiger partial charge in [0.1, 0.15) is 6.61 Å². The molecule has 0 aliphatic heterocycles. The summed E-state index contributed by atoms with van der Waals surface area (Å²) >= 11 is 0. The molecular weight excluding hydrogens is 264 g/mol. The fourth-order valence-corrected chi connectivity index (χ4v) is 2.15. The number of carboxylic acids is 1. The van der Waals surface area contributed by atoms with Crippen molar-refractivity contribution >= 4 is 17.9 Å². The van der Waals surface area contributed by atoms with Crippen LogP contribution in [0, 0.1) is 11.8 Å². The van der Waals surface area contributed by atoms with Gasteiger partial charge in [0.05, 0.1) is 18.1 Å². The Kier molecular flexibility index (Phi) is 6.49. The topological polar surface area (TPSA) is 89.9 Å². The second kappa shape index (κ2) is 8.14. The summed E-state index contributed by atoms with van der Waals surface area (Å²) in [4.78, 5) is 33.6. The first-order valence-corrected chi connectivity index (χ1v) is 6.43. The smallest absolute Gasteiger partial charge is 0.334 e. The molecule has 1 N–H and O–H groups in total. The van der Waals surface area contributed by atoms with E-state index >= 15 is 0 Å². The van der Waals surface area contributed by atoms with Gasteiger partial charge in [0.2, 0.25) is 0 Å². The maximum atomic E-state index is 11.8. The number of carbonyl (C=O) groups excluding carboxylic acids is 2. The molecular formula is C14H18O6. The minimum atomic E-state index is -0.956.